The minimum Gasteiger partial charge on any atom is -0.494 e. The summed E-state index contributed by atoms with van der Waals surface area (Å²) in [5.74, 6) is 0.820. The molecule has 0 aliphatic carbocycles. The summed E-state index contributed by atoms with van der Waals surface area (Å²) in [7, 11) is 0. The Hall–Kier alpha value is -1.55. The van der Waals surface area contributed by atoms with Gasteiger partial charge in [0.2, 0.25) is 5.91 Å². The molecule has 106 valence electrons. The fourth-order valence-corrected chi connectivity index (χ4v) is 1.74. The SMILES string of the molecule is CCOc1cccc([C@H](C)NC(=O)[C@@H](N)C(C)C)c1. The highest BCUT2D eigenvalue weighted by molar-refractivity contribution is 5.82. The van der Waals surface area contributed by atoms with E-state index >= 15 is 0 Å². The predicted molar refractivity (Wildman–Crippen MR) is 77.0 cm³/mol. The molecule has 2 atom stereocenters. The number of nitrogens with one attached hydrogen (secondary N) is 1. The molecule has 19 heavy (non-hydrogen) atoms. The van der Waals surface area contributed by atoms with Crippen LogP contribution in [-0.2, 0) is 4.79 Å². The number of hydrogen-bond acceptors (Lipinski definition) is 3. The van der Waals surface area contributed by atoms with Gasteiger partial charge in [-0.15, -0.1) is 0 Å². The molecule has 4 nitrogen and oxygen atoms in total. The Morgan fingerprint density at radius 2 is 2.05 bits per heavy atom. The third-order valence-electron chi connectivity index (χ3n) is 3.05. The summed E-state index contributed by atoms with van der Waals surface area (Å²) in [6.07, 6.45) is 0. The Bertz CT molecular complexity index is 418. The van der Waals surface area contributed by atoms with Crippen molar-refractivity contribution in [3.63, 3.8) is 0 Å². The van der Waals surface area contributed by atoms with Crippen LogP contribution in [0.4, 0.5) is 0 Å². The first-order chi connectivity index (χ1) is 8.95. The summed E-state index contributed by atoms with van der Waals surface area (Å²) in [6.45, 7) is 8.38. The minimum absolute atomic E-state index is 0.0855. The molecule has 0 bridgehead atoms. The maximum absolute atomic E-state index is 11.9. The number of ether oxygens (including phenoxy) is 1. The van der Waals surface area contributed by atoms with Gasteiger partial charge in [-0.2, -0.15) is 0 Å². The van der Waals surface area contributed by atoms with Crippen molar-refractivity contribution in [1.82, 2.24) is 5.32 Å². The van der Waals surface area contributed by atoms with Crippen LogP contribution in [0.5, 0.6) is 5.75 Å². The summed E-state index contributed by atoms with van der Waals surface area (Å²) in [6, 6.07) is 7.17. The molecule has 0 saturated heterocycles. The van der Waals surface area contributed by atoms with Gasteiger partial charge >= 0.3 is 0 Å². The van der Waals surface area contributed by atoms with Crippen LogP contribution in [0.15, 0.2) is 24.3 Å². The van der Waals surface area contributed by atoms with Gasteiger partial charge < -0.3 is 15.8 Å². The molecule has 1 amide bonds. The minimum atomic E-state index is -0.475. The number of benzene rings is 1. The lowest BCUT2D eigenvalue weighted by molar-refractivity contribution is -0.123. The summed E-state index contributed by atoms with van der Waals surface area (Å²) < 4.78 is 5.45. The van der Waals surface area contributed by atoms with Crippen LogP contribution in [-0.4, -0.2) is 18.6 Å². The zero-order chi connectivity index (χ0) is 14.4. The number of hydrogen-bond donors (Lipinski definition) is 2. The molecule has 0 heterocycles. The first kappa shape index (κ1) is 15.5. The number of carbonyl (C=O) groups is 1. The van der Waals surface area contributed by atoms with Crippen molar-refractivity contribution >= 4 is 5.91 Å². The van der Waals surface area contributed by atoms with Crippen LogP contribution < -0.4 is 15.8 Å². The van der Waals surface area contributed by atoms with Gasteiger partial charge in [-0.3, -0.25) is 4.79 Å². The van der Waals surface area contributed by atoms with Crippen LogP contribution in [0.2, 0.25) is 0 Å². The molecular weight excluding hydrogens is 240 g/mol. The van der Waals surface area contributed by atoms with Crippen LogP contribution in [0.25, 0.3) is 0 Å². The van der Waals surface area contributed by atoms with Gasteiger partial charge in [0.05, 0.1) is 18.7 Å². The Morgan fingerprint density at radius 1 is 1.37 bits per heavy atom. The van der Waals surface area contributed by atoms with Crippen LogP contribution in [0.3, 0.4) is 0 Å². The number of amides is 1. The number of carbonyl (C=O) groups excluding carboxylic acids is 1. The number of rotatable bonds is 6. The monoisotopic (exact) mass is 264 g/mol. The van der Waals surface area contributed by atoms with E-state index in [-0.39, 0.29) is 17.9 Å². The fourth-order valence-electron chi connectivity index (χ4n) is 1.74. The molecule has 0 aliphatic heterocycles. The largest absolute Gasteiger partial charge is 0.494 e. The van der Waals surface area contributed by atoms with Crippen LogP contribution >= 0.6 is 0 Å². The van der Waals surface area contributed by atoms with E-state index in [1.807, 2.05) is 52.0 Å². The molecular formula is C15H24N2O2. The van der Waals surface area contributed by atoms with E-state index in [0.29, 0.717) is 6.61 Å². The highest BCUT2D eigenvalue weighted by Gasteiger charge is 2.19. The zero-order valence-corrected chi connectivity index (χ0v) is 12.1. The normalized spacial score (nSPS) is 14.0. The highest BCUT2D eigenvalue weighted by atomic mass is 16.5. The standard InChI is InChI=1S/C15H24N2O2/c1-5-19-13-8-6-7-12(9-13)11(4)17-15(18)14(16)10(2)3/h6-11,14H,5,16H2,1-4H3,(H,17,18)/t11-,14-/m0/s1. The van der Waals surface area contributed by atoms with Crippen molar-refractivity contribution in [2.24, 2.45) is 11.7 Å². The zero-order valence-electron chi connectivity index (χ0n) is 12.1. The molecule has 0 fully saturated rings. The lowest BCUT2D eigenvalue weighted by atomic mass is 10.0. The van der Waals surface area contributed by atoms with Crippen molar-refractivity contribution in [1.29, 1.82) is 0 Å². The fraction of sp³-hybridized carbons (Fsp3) is 0.533. The van der Waals surface area contributed by atoms with Crippen LogP contribution in [0.1, 0.15) is 39.3 Å². The second-order valence-corrected chi connectivity index (χ2v) is 5.01. The summed E-state index contributed by atoms with van der Waals surface area (Å²) in [4.78, 5) is 11.9. The van der Waals surface area contributed by atoms with Crippen molar-refractivity contribution in [3.8, 4) is 5.75 Å². The first-order valence-corrected chi connectivity index (χ1v) is 6.74. The van der Waals surface area contributed by atoms with Gasteiger partial charge in [0, 0.05) is 0 Å². The second kappa shape index (κ2) is 7.14. The molecule has 0 unspecified atom stereocenters. The van der Waals surface area contributed by atoms with E-state index in [1.54, 1.807) is 0 Å². The predicted octanol–water partition coefficient (Wildman–Crippen LogP) is 2.25. The van der Waals surface area contributed by atoms with E-state index in [4.69, 9.17) is 10.5 Å². The maximum atomic E-state index is 11.9. The van der Waals surface area contributed by atoms with E-state index in [0.717, 1.165) is 11.3 Å². The quantitative estimate of drug-likeness (QED) is 0.828. The Kier molecular flexibility index (Phi) is 5.83. The molecule has 3 N–H and O–H groups in total. The van der Waals surface area contributed by atoms with Gasteiger partial charge in [0.25, 0.3) is 0 Å². The maximum Gasteiger partial charge on any atom is 0.237 e. The average Bonchev–Trinajstić information content (AvgIpc) is 2.38. The summed E-state index contributed by atoms with van der Waals surface area (Å²) >= 11 is 0. The third kappa shape index (κ3) is 4.56. The third-order valence-corrected chi connectivity index (χ3v) is 3.05. The highest BCUT2D eigenvalue weighted by Crippen LogP contribution is 2.19. The van der Waals surface area contributed by atoms with E-state index < -0.39 is 6.04 Å². The average molecular weight is 264 g/mol. The molecule has 0 spiro atoms. The molecule has 1 aromatic carbocycles. The molecule has 0 aliphatic rings. The Balaban J connectivity index is 2.69. The first-order valence-electron chi connectivity index (χ1n) is 6.74. The number of nitrogens with two attached hydrogens (primary N) is 1. The Morgan fingerprint density at radius 3 is 2.63 bits per heavy atom. The molecule has 0 radical (unpaired) electrons. The van der Waals surface area contributed by atoms with Gasteiger partial charge in [-0.25, -0.2) is 0 Å². The molecule has 1 rings (SSSR count). The van der Waals surface area contributed by atoms with Gasteiger partial charge in [-0.05, 0) is 37.5 Å². The van der Waals surface area contributed by atoms with Gasteiger partial charge in [0.15, 0.2) is 0 Å². The molecule has 1 aromatic rings. The second-order valence-electron chi connectivity index (χ2n) is 5.01. The van der Waals surface area contributed by atoms with Gasteiger partial charge in [0.1, 0.15) is 5.75 Å². The van der Waals surface area contributed by atoms with E-state index in [2.05, 4.69) is 5.32 Å². The van der Waals surface area contributed by atoms with Crippen molar-refractivity contribution in [3.05, 3.63) is 29.8 Å². The topological polar surface area (TPSA) is 64.3 Å². The summed E-state index contributed by atoms with van der Waals surface area (Å²) in [5.41, 5.74) is 6.84. The molecule has 0 saturated carbocycles. The van der Waals surface area contributed by atoms with Crippen molar-refractivity contribution in [2.45, 2.75) is 39.8 Å². The lowest BCUT2D eigenvalue weighted by Crippen LogP contribution is -2.44. The van der Waals surface area contributed by atoms with E-state index in [9.17, 15) is 4.79 Å². The summed E-state index contributed by atoms with van der Waals surface area (Å²) in [5, 5.41) is 2.93. The molecule has 0 aromatic heterocycles. The smallest absolute Gasteiger partial charge is 0.237 e. The molecule has 4 heteroatoms. The van der Waals surface area contributed by atoms with E-state index in [1.165, 1.54) is 0 Å². The van der Waals surface area contributed by atoms with Crippen LogP contribution in [0, 0.1) is 5.92 Å². The van der Waals surface area contributed by atoms with Crippen molar-refractivity contribution in [2.75, 3.05) is 6.61 Å². The van der Waals surface area contributed by atoms with Crippen molar-refractivity contribution < 1.29 is 9.53 Å². The van der Waals surface area contributed by atoms with Gasteiger partial charge in [-0.1, -0.05) is 26.0 Å². The lowest BCUT2D eigenvalue weighted by Gasteiger charge is -2.20. The Labute approximate surface area is 115 Å².